The molecule has 2 aromatic heterocycles. The van der Waals surface area contributed by atoms with Gasteiger partial charge in [0.15, 0.2) is 0 Å². The lowest BCUT2D eigenvalue weighted by Gasteiger charge is -2.20. The highest BCUT2D eigenvalue weighted by Gasteiger charge is 2.24. The van der Waals surface area contributed by atoms with Crippen LogP contribution in [0.1, 0.15) is 49.4 Å². The monoisotopic (exact) mass is 393 g/mol. The number of benzene rings is 1. The minimum Gasteiger partial charge on any atom is -0.368 e. The summed E-state index contributed by atoms with van der Waals surface area (Å²) < 4.78 is 0. The Morgan fingerprint density at radius 2 is 1.76 bits per heavy atom. The van der Waals surface area contributed by atoms with Crippen molar-refractivity contribution in [3.63, 3.8) is 0 Å². The first kappa shape index (κ1) is 20.0. The second-order valence-electron chi connectivity index (χ2n) is 7.00. The number of amides is 2. The molecule has 9 nitrogen and oxygen atoms in total. The van der Waals surface area contributed by atoms with Crippen LogP contribution in [0.3, 0.4) is 0 Å². The van der Waals surface area contributed by atoms with Crippen LogP contribution in [0.5, 0.6) is 0 Å². The van der Waals surface area contributed by atoms with Gasteiger partial charge in [-0.3, -0.25) is 4.79 Å². The van der Waals surface area contributed by atoms with Crippen molar-refractivity contribution in [2.45, 2.75) is 32.6 Å². The van der Waals surface area contributed by atoms with Crippen molar-refractivity contribution < 1.29 is 9.59 Å². The second kappa shape index (κ2) is 8.09. The van der Waals surface area contributed by atoms with Gasteiger partial charge in [-0.25, -0.2) is 24.6 Å². The van der Waals surface area contributed by atoms with E-state index >= 15 is 0 Å². The van der Waals surface area contributed by atoms with E-state index in [4.69, 9.17) is 11.5 Å². The van der Waals surface area contributed by atoms with Gasteiger partial charge in [0.2, 0.25) is 11.9 Å². The van der Waals surface area contributed by atoms with Crippen LogP contribution in [-0.2, 0) is 4.79 Å². The maximum atomic E-state index is 12.4. The van der Waals surface area contributed by atoms with E-state index < -0.39 is 11.9 Å². The summed E-state index contributed by atoms with van der Waals surface area (Å²) in [5.41, 5.74) is 13.8. The van der Waals surface area contributed by atoms with Crippen molar-refractivity contribution >= 4 is 29.4 Å². The van der Waals surface area contributed by atoms with Gasteiger partial charge in [-0.15, -0.1) is 0 Å². The van der Waals surface area contributed by atoms with E-state index in [2.05, 4.69) is 19.9 Å². The van der Waals surface area contributed by atoms with Gasteiger partial charge >= 0.3 is 6.03 Å². The molecule has 0 saturated carbocycles. The van der Waals surface area contributed by atoms with Crippen LogP contribution in [0.25, 0.3) is 0 Å². The second-order valence-corrected chi connectivity index (χ2v) is 7.00. The number of anilines is 3. The molecule has 2 amide bonds. The van der Waals surface area contributed by atoms with E-state index in [0.29, 0.717) is 22.8 Å². The molecule has 0 fully saturated rings. The van der Waals surface area contributed by atoms with Gasteiger partial charge in [0.1, 0.15) is 5.78 Å². The number of aromatic nitrogens is 4. The van der Waals surface area contributed by atoms with Gasteiger partial charge in [0.05, 0.1) is 17.8 Å². The lowest BCUT2D eigenvalue weighted by atomic mass is 9.89. The fourth-order valence-corrected chi connectivity index (χ4v) is 3.09. The lowest BCUT2D eigenvalue weighted by Crippen LogP contribution is -2.32. The number of hydrogen-bond donors (Lipinski definition) is 3. The number of primary amides is 1. The lowest BCUT2D eigenvalue weighted by molar-refractivity contribution is -0.117. The summed E-state index contributed by atoms with van der Waals surface area (Å²) in [5, 5.41) is 0. The zero-order chi connectivity index (χ0) is 21.1. The van der Waals surface area contributed by atoms with Crippen molar-refractivity contribution in [2.75, 3.05) is 10.6 Å². The quantitative estimate of drug-likeness (QED) is 0.587. The zero-order valence-corrected chi connectivity index (χ0v) is 16.5. The maximum absolute atomic E-state index is 12.4. The van der Waals surface area contributed by atoms with Gasteiger partial charge in [0, 0.05) is 23.7 Å². The molecule has 1 unspecified atom stereocenters. The Balaban J connectivity index is 2.04. The summed E-state index contributed by atoms with van der Waals surface area (Å²) in [6.07, 6.45) is 4.71. The van der Waals surface area contributed by atoms with Crippen molar-refractivity contribution in [3.05, 3.63) is 59.7 Å². The number of imidazole rings is 1. The summed E-state index contributed by atoms with van der Waals surface area (Å²) in [7, 11) is 0. The molecular weight excluding hydrogens is 370 g/mol. The number of ketones is 1. The minimum absolute atomic E-state index is 0.0961. The van der Waals surface area contributed by atoms with Crippen LogP contribution < -0.4 is 16.4 Å². The number of Topliss-reactive ketones (excluding diaryl/α,β-unsaturated/α-hetero) is 1. The molecule has 9 heteroatoms. The third-order valence-electron chi connectivity index (χ3n) is 4.53. The Bertz CT molecular complexity index is 1030. The number of nitrogens with zero attached hydrogens (tertiary/aromatic N) is 4. The molecule has 3 rings (SSSR count). The molecule has 0 saturated heterocycles. The largest absolute Gasteiger partial charge is 0.368 e. The molecule has 29 heavy (non-hydrogen) atoms. The number of carbonyl (C=O) groups excluding carboxylic acids is 2. The summed E-state index contributed by atoms with van der Waals surface area (Å²) in [5.74, 6) is -0.0451. The Labute approximate surface area is 168 Å². The number of nitrogens with one attached hydrogen (secondary N) is 1. The molecule has 0 aliphatic heterocycles. The summed E-state index contributed by atoms with van der Waals surface area (Å²) in [6.45, 7) is 5.51. The standard InChI is InChI=1S/C20H23N7O2/c1-11(2)16-10-25-20(26-16)27(19(22)29)15-6-4-5-13(7-15)17(12(3)28)14-8-23-18(21)24-9-14/h4-11,17H,1-3H3,(H2,22,29)(H,25,26)(H2,21,23,24). The average molecular weight is 393 g/mol. The number of urea groups is 1. The Kier molecular flexibility index (Phi) is 5.58. The Morgan fingerprint density at radius 3 is 2.31 bits per heavy atom. The van der Waals surface area contributed by atoms with E-state index in [1.54, 1.807) is 30.5 Å². The molecule has 2 heterocycles. The van der Waals surface area contributed by atoms with Gasteiger partial charge < -0.3 is 16.5 Å². The van der Waals surface area contributed by atoms with Crippen LogP contribution in [0.15, 0.2) is 42.9 Å². The molecule has 0 bridgehead atoms. The van der Waals surface area contributed by atoms with Crippen LogP contribution in [-0.4, -0.2) is 31.8 Å². The zero-order valence-electron chi connectivity index (χ0n) is 16.5. The van der Waals surface area contributed by atoms with Crippen LogP contribution >= 0.6 is 0 Å². The molecule has 5 N–H and O–H groups in total. The van der Waals surface area contributed by atoms with E-state index in [1.165, 1.54) is 24.2 Å². The number of rotatable bonds is 6. The first-order valence-corrected chi connectivity index (χ1v) is 9.10. The molecular formula is C20H23N7O2. The molecule has 0 aliphatic rings. The van der Waals surface area contributed by atoms with Crippen molar-refractivity contribution in [2.24, 2.45) is 5.73 Å². The SMILES string of the molecule is CC(=O)C(c1cnc(N)nc1)c1cccc(N(C(N)=O)c2ncc(C(C)C)[nH]2)c1. The number of carbonyl (C=O) groups is 2. The summed E-state index contributed by atoms with van der Waals surface area (Å²) in [6, 6.07) is 6.31. The van der Waals surface area contributed by atoms with E-state index in [0.717, 1.165) is 5.69 Å². The predicted octanol–water partition coefficient (Wildman–Crippen LogP) is 2.84. The van der Waals surface area contributed by atoms with E-state index in [-0.39, 0.29) is 17.6 Å². The molecule has 1 atom stereocenters. The number of hydrogen-bond acceptors (Lipinski definition) is 6. The molecule has 0 radical (unpaired) electrons. The van der Waals surface area contributed by atoms with Crippen LogP contribution in [0.4, 0.5) is 22.4 Å². The average Bonchev–Trinajstić information content (AvgIpc) is 3.13. The highest BCUT2D eigenvalue weighted by molar-refractivity contribution is 5.97. The highest BCUT2D eigenvalue weighted by atomic mass is 16.2. The Hall–Kier alpha value is -3.75. The summed E-state index contributed by atoms with van der Waals surface area (Å²) in [4.78, 5) is 41.2. The fraction of sp³-hybridized carbons (Fsp3) is 0.250. The number of H-pyrrole nitrogens is 1. The van der Waals surface area contributed by atoms with E-state index in [1.807, 2.05) is 13.8 Å². The van der Waals surface area contributed by atoms with Gasteiger partial charge in [-0.05, 0) is 30.5 Å². The van der Waals surface area contributed by atoms with Gasteiger partial charge in [0.25, 0.3) is 0 Å². The van der Waals surface area contributed by atoms with Crippen molar-refractivity contribution in [3.8, 4) is 0 Å². The minimum atomic E-state index is -0.693. The fourth-order valence-electron chi connectivity index (χ4n) is 3.09. The summed E-state index contributed by atoms with van der Waals surface area (Å²) >= 11 is 0. The van der Waals surface area contributed by atoms with Crippen molar-refractivity contribution in [1.29, 1.82) is 0 Å². The normalized spacial score (nSPS) is 12.0. The third-order valence-corrected chi connectivity index (χ3v) is 4.53. The third kappa shape index (κ3) is 4.23. The molecule has 150 valence electrons. The van der Waals surface area contributed by atoms with Crippen molar-refractivity contribution in [1.82, 2.24) is 19.9 Å². The molecule has 0 spiro atoms. The topological polar surface area (TPSA) is 144 Å². The van der Waals surface area contributed by atoms with Gasteiger partial charge in [-0.1, -0.05) is 26.0 Å². The first-order valence-electron chi connectivity index (χ1n) is 9.10. The highest BCUT2D eigenvalue weighted by Crippen LogP contribution is 2.31. The first-order chi connectivity index (χ1) is 13.8. The molecule has 1 aromatic carbocycles. The smallest absolute Gasteiger partial charge is 0.326 e. The number of nitrogens with two attached hydrogens (primary N) is 2. The van der Waals surface area contributed by atoms with Crippen LogP contribution in [0.2, 0.25) is 0 Å². The number of aromatic amines is 1. The maximum Gasteiger partial charge on any atom is 0.326 e. The number of nitrogen functional groups attached to an aromatic ring is 1. The van der Waals surface area contributed by atoms with Gasteiger partial charge in [-0.2, -0.15) is 0 Å². The molecule has 3 aromatic rings. The Morgan fingerprint density at radius 1 is 1.07 bits per heavy atom. The predicted molar refractivity (Wildman–Crippen MR) is 110 cm³/mol. The van der Waals surface area contributed by atoms with Crippen LogP contribution in [0, 0.1) is 0 Å². The van der Waals surface area contributed by atoms with E-state index in [9.17, 15) is 9.59 Å². The molecule has 0 aliphatic carbocycles.